The molecule has 0 aliphatic rings. The van der Waals surface area contributed by atoms with Gasteiger partial charge in [0.15, 0.2) is 0 Å². The highest BCUT2D eigenvalue weighted by molar-refractivity contribution is 5.71. The SMILES string of the molecule is C=C(C)c1ccc(-c2cccc(N)c2)nc1Oc1ccc(Oc2ccccc2)cc1. The fourth-order valence-corrected chi connectivity index (χ4v) is 3.01. The molecule has 2 N–H and O–H groups in total. The minimum absolute atomic E-state index is 0.499. The predicted molar refractivity (Wildman–Crippen MR) is 122 cm³/mol. The minimum Gasteiger partial charge on any atom is -0.457 e. The van der Waals surface area contributed by atoms with Gasteiger partial charge in [-0.25, -0.2) is 4.98 Å². The van der Waals surface area contributed by atoms with E-state index in [2.05, 4.69) is 6.58 Å². The maximum atomic E-state index is 6.11. The zero-order valence-corrected chi connectivity index (χ0v) is 16.7. The van der Waals surface area contributed by atoms with Gasteiger partial charge in [0.1, 0.15) is 17.2 Å². The van der Waals surface area contributed by atoms with Crippen molar-refractivity contribution < 1.29 is 9.47 Å². The van der Waals surface area contributed by atoms with Gasteiger partial charge in [0.05, 0.1) is 5.69 Å². The van der Waals surface area contributed by atoms with E-state index in [1.807, 2.05) is 97.9 Å². The van der Waals surface area contributed by atoms with Crippen LogP contribution >= 0.6 is 0 Å². The molecular weight excluding hydrogens is 372 g/mol. The summed E-state index contributed by atoms with van der Waals surface area (Å²) in [6.07, 6.45) is 0. The summed E-state index contributed by atoms with van der Waals surface area (Å²) in [7, 11) is 0. The third-order valence-corrected chi connectivity index (χ3v) is 4.52. The molecule has 148 valence electrons. The summed E-state index contributed by atoms with van der Waals surface area (Å²) in [6, 6.07) is 28.6. The lowest BCUT2D eigenvalue weighted by atomic mass is 10.1. The van der Waals surface area contributed by atoms with Crippen molar-refractivity contribution in [1.29, 1.82) is 0 Å². The third kappa shape index (κ3) is 4.50. The molecule has 1 heterocycles. The molecule has 0 spiro atoms. The Bertz CT molecular complexity index is 1170. The highest BCUT2D eigenvalue weighted by Gasteiger charge is 2.11. The molecule has 4 aromatic rings. The fourth-order valence-electron chi connectivity index (χ4n) is 3.01. The van der Waals surface area contributed by atoms with Crippen LogP contribution in [0.25, 0.3) is 16.8 Å². The van der Waals surface area contributed by atoms with Gasteiger partial charge in [-0.1, -0.05) is 36.9 Å². The van der Waals surface area contributed by atoms with E-state index in [0.717, 1.165) is 33.9 Å². The van der Waals surface area contributed by atoms with Gasteiger partial charge in [0, 0.05) is 16.8 Å². The molecule has 0 saturated heterocycles. The molecule has 0 saturated carbocycles. The van der Waals surface area contributed by atoms with Crippen LogP contribution in [0.1, 0.15) is 12.5 Å². The first kappa shape index (κ1) is 19.3. The van der Waals surface area contributed by atoms with Crippen molar-refractivity contribution in [2.24, 2.45) is 0 Å². The number of nitrogens with two attached hydrogens (primary N) is 1. The van der Waals surface area contributed by atoms with Gasteiger partial charge in [-0.05, 0) is 73.2 Å². The van der Waals surface area contributed by atoms with Crippen molar-refractivity contribution in [2.75, 3.05) is 5.73 Å². The summed E-state index contributed by atoms with van der Waals surface area (Å²) in [6.45, 7) is 5.98. The maximum absolute atomic E-state index is 6.11. The van der Waals surface area contributed by atoms with E-state index in [9.17, 15) is 0 Å². The molecular formula is C26H22N2O2. The summed E-state index contributed by atoms with van der Waals surface area (Å²) in [5.41, 5.74) is 10.1. The van der Waals surface area contributed by atoms with Crippen LogP contribution in [-0.2, 0) is 0 Å². The summed E-state index contributed by atoms with van der Waals surface area (Å²) in [5, 5.41) is 0. The average Bonchev–Trinajstić information content (AvgIpc) is 2.76. The van der Waals surface area contributed by atoms with Crippen molar-refractivity contribution >= 4 is 11.3 Å². The third-order valence-electron chi connectivity index (χ3n) is 4.52. The topological polar surface area (TPSA) is 57.4 Å². The van der Waals surface area contributed by atoms with Crippen molar-refractivity contribution in [3.8, 4) is 34.4 Å². The van der Waals surface area contributed by atoms with Gasteiger partial charge < -0.3 is 15.2 Å². The molecule has 4 heteroatoms. The molecule has 3 aromatic carbocycles. The van der Waals surface area contributed by atoms with Gasteiger partial charge in [-0.15, -0.1) is 0 Å². The summed E-state index contributed by atoms with van der Waals surface area (Å²) in [5.74, 6) is 2.68. The number of para-hydroxylation sites is 1. The van der Waals surface area contributed by atoms with Crippen molar-refractivity contribution in [1.82, 2.24) is 4.98 Å². The Morgan fingerprint density at radius 3 is 2.10 bits per heavy atom. The van der Waals surface area contributed by atoms with Crippen molar-refractivity contribution in [3.63, 3.8) is 0 Å². The summed E-state index contributed by atoms with van der Waals surface area (Å²) < 4.78 is 11.9. The van der Waals surface area contributed by atoms with Crippen LogP contribution in [0.2, 0.25) is 0 Å². The van der Waals surface area contributed by atoms with Crippen LogP contribution in [0.3, 0.4) is 0 Å². The number of ether oxygens (including phenoxy) is 2. The highest BCUT2D eigenvalue weighted by Crippen LogP contribution is 2.32. The quantitative estimate of drug-likeness (QED) is 0.360. The molecule has 0 atom stereocenters. The number of pyridine rings is 1. The zero-order chi connectivity index (χ0) is 20.9. The number of aromatic nitrogens is 1. The molecule has 0 radical (unpaired) electrons. The molecule has 0 fully saturated rings. The standard InChI is InChI=1S/C26H22N2O2/c1-18(2)24-15-16-25(19-7-6-8-20(27)17-19)28-26(24)30-23-13-11-22(12-14-23)29-21-9-4-3-5-10-21/h3-17H,1,27H2,2H3. The molecule has 0 unspecified atom stereocenters. The van der Waals surface area contributed by atoms with Crippen LogP contribution in [-0.4, -0.2) is 4.98 Å². The number of nitrogens with zero attached hydrogens (tertiary/aromatic N) is 1. The molecule has 4 rings (SSSR count). The first-order chi connectivity index (χ1) is 14.6. The summed E-state index contributed by atoms with van der Waals surface area (Å²) >= 11 is 0. The fraction of sp³-hybridized carbons (Fsp3) is 0.0385. The van der Waals surface area contributed by atoms with Gasteiger partial charge in [0.2, 0.25) is 5.88 Å². The van der Waals surface area contributed by atoms with E-state index in [4.69, 9.17) is 20.2 Å². The second-order valence-corrected chi connectivity index (χ2v) is 6.94. The van der Waals surface area contributed by atoms with Crippen molar-refractivity contribution in [2.45, 2.75) is 6.92 Å². The Hall–Kier alpha value is -4.05. The van der Waals surface area contributed by atoms with Crippen LogP contribution in [0.15, 0.2) is 97.6 Å². The lowest BCUT2D eigenvalue weighted by Crippen LogP contribution is -1.96. The smallest absolute Gasteiger partial charge is 0.227 e. The second-order valence-electron chi connectivity index (χ2n) is 6.94. The largest absolute Gasteiger partial charge is 0.457 e. The van der Waals surface area contributed by atoms with E-state index in [1.165, 1.54) is 0 Å². The molecule has 0 aliphatic carbocycles. The maximum Gasteiger partial charge on any atom is 0.227 e. The predicted octanol–water partition coefficient (Wildman–Crippen LogP) is 6.95. The number of anilines is 1. The van der Waals surface area contributed by atoms with Gasteiger partial charge in [0.25, 0.3) is 0 Å². The molecule has 0 bridgehead atoms. The highest BCUT2D eigenvalue weighted by atomic mass is 16.5. The molecule has 0 aliphatic heterocycles. The minimum atomic E-state index is 0.499. The van der Waals surface area contributed by atoms with Crippen LogP contribution in [0.4, 0.5) is 5.69 Å². The van der Waals surface area contributed by atoms with Gasteiger partial charge in [-0.3, -0.25) is 0 Å². The number of rotatable bonds is 6. The number of benzene rings is 3. The second kappa shape index (κ2) is 8.53. The normalized spacial score (nSPS) is 10.4. The Kier molecular flexibility index (Phi) is 5.48. The first-order valence-electron chi connectivity index (χ1n) is 9.62. The Balaban J connectivity index is 1.59. The van der Waals surface area contributed by atoms with E-state index in [-0.39, 0.29) is 0 Å². The monoisotopic (exact) mass is 394 g/mol. The Labute approximate surface area is 176 Å². The van der Waals surface area contributed by atoms with Crippen LogP contribution < -0.4 is 15.2 Å². The Morgan fingerprint density at radius 2 is 1.43 bits per heavy atom. The van der Waals surface area contributed by atoms with E-state index in [1.54, 1.807) is 0 Å². The van der Waals surface area contributed by atoms with Gasteiger partial charge >= 0.3 is 0 Å². The van der Waals surface area contributed by atoms with E-state index < -0.39 is 0 Å². The average molecular weight is 394 g/mol. The number of nitrogen functional groups attached to an aromatic ring is 1. The molecule has 30 heavy (non-hydrogen) atoms. The lowest BCUT2D eigenvalue weighted by Gasteiger charge is -2.13. The number of hydrogen-bond donors (Lipinski definition) is 1. The Morgan fingerprint density at radius 1 is 0.767 bits per heavy atom. The van der Waals surface area contributed by atoms with E-state index in [0.29, 0.717) is 17.3 Å². The summed E-state index contributed by atoms with van der Waals surface area (Å²) in [4.78, 5) is 4.72. The van der Waals surface area contributed by atoms with Crippen LogP contribution in [0, 0.1) is 0 Å². The van der Waals surface area contributed by atoms with Crippen LogP contribution in [0.5, 0.6) is 23.1 Å². The lowest BCUT2D eigenvalue weighted by molar-refractivity contribution is 0.456. The molecule has 4 nitrogen and oxygen atoms in total. The first-order valence-corrected chi connectivity index (χ1v) is 9.62. The number of hydrogen-bond acceptors (Lipinski definition) is 4. The van der Waals surface area contributed by atoms with Crippen molar-refractivity contribution in [3.05, 3.63) is 103 Å². The van der Waals surface area contributed by atoms with Gasteiger partial charge in [-0.2, -0.15) is 0 Å². The van der Waals surface area contributed by atoms with E-state index >= 15 is 0 Å². The zero-order valence-electron chi connectivity index (χ0n) is 16.7. The molecule has 1 aromatic heterocycles. The molecule has 0 amide bonds. The number of allylic oxidation sites excluding steroid dienone is 1.